The smallest absolute Gasteiger partial charge is 0.161 e. The summed E-state index contributed by atoms with van der Waals surface area (Å²) in [5.41, 5.74) is 6.58. The lowest BCUT2D eigenvalue weighted by Gasteiger charge is -2.19. The zero-order chi connectivity index (χ0) is 14.9. The second kappa shape index (κ2) is 7.09. The molecule has 4 N–H and O–H groups in total. The molecule has 0 saturated carbocycles. The third-order valence-electron chi connectivity index (χ3n) is 2.98. The minimum absolute atomic E-state index is 0. The molecule has 0 amide bonds. The summed E-state index contributed by atoms with van der Waals surface area (Å²) in [6.45, 7) is 0. The molecule has 0 aliphatic carbocycles. The lowest BCUT2D eigenvalue weighted by atomic mass is 9.99. The lowest BCUT2D eigenvalue weighted by molar-refractivity contribution is 0.134. The van der Waals surface area contributed by atoms with Gasteiger partial charge in [0, 0.05) is 17.7 Å². The molecule has 21 heavy (non-hydrogen) atoms. The fraction of sp³-hybridized carbons (Fsp3) is 0.143. The number of hydrogen-bond acceptors (Lipinski definition) is 4. The van der Waals surface area contributed by atoms with Gasteiger partial charge < -0.3 is 20.7 Å². The van der Waals surface area contributed by atoms with Gasteiger partial charge in [0.15, 0.2) is 5.75 Å². The van der Waals surface area contributed by atoms with Crippen LogP contribution >= 0.6 is 35.6 Å². The molecule has 0 aliphatic heterocycles. The summed E-state index contributed by atoms with van der Waals surface area (Å²) in [6.07, 6.45) is -0.576. The van der Waals surface area contributed by atoms with Gasteiger partial charge in [0.2, 0.25) is 0 Å². The third kappa shape index (κ3) is 3.47. The Kier molecular flexibility index (Phi) is 5.98. The van der Waals surface area contributed by atoms with Crippen LogP contribution in [0.2, 0.25) is 10.0 Å². The van der Waals surface area contributed by atoms with Gasteiger partial charge in [-0.05, 0) is 23.8 Å². The van der Waals surface area contributed by atoms with Gasteiger partial charge in [-0.3, -0.25) is 0 Å². The van der Waals surface area contributed by atoms with E-state index in [-0.39, 0.29) is 34.6 Å². The van der Waals surface area contributed by atoms with E-state index in [0.29, 0.717) is 10.6 Å². The molecule has 0 spiro atoms. The van der Waals surface area contributed by atoms with Crippen molar-refractivity contribution in [1.82, 2.24) is 0 Å². The van der Waals surface area contributed by atoms with Gasteiger partial charge in [-0.1, -0.05) is 35.3 Å². The van der Waals surface area contributed by atoms with Crippen molar-refractivity contribution in [1.29, 1.82) is 0 Å². The maximum absolute atomic E-state index is 10.1. The maximum atomic E-state index is 10.1. The third-order valence-corrected chi connectivity index (χ3v) is 3.52. The monoisotopic (exact) mass is 349 g/mol. The van der Waals surface area contributed by atoms with Crippen LogP contribution in [0, 0.1) is 0 Å². The highest BCUT2D eigenvalue weighted by atomic mass is 35.5. The number of ether oxygens (including phenoxy) is 1. The molecule has 1 atom stereocenters. The van der Waals surface area contributed by atoms with Crippen LogP contribution in [0.3, 0.4) is 0 Å². The topological polar surface area (TPSA) is 75.7 Å². The summed E-state index contributed by atoms with van der Waals surface area (Å²) in [5, 5.41) is 20.3. The van der Waals surface area contributed by atoms with E-state index in [0.717, 1.165) is 5.56 Å². The Hall–Kier alpha value is -1.33. The first-order valence-corrected chi connectivity index (χ1v) is 6.49. The van der Waals surface area contributed by atoms with E-state index in [1.54, 1.807) is 24.3 Å². The van der Waals surface area contributed by atoms with Gasteiger partial charge in [-0.15, -0.1) is 12.4 Å². The van der Waals surface area contributed by atoms with E-state index in [4.69, 9.17) is 33.7 Å². The van der Waals surface area contributed by atoms with Crippen molar-refractivity contribution in [3.05, 3.63) is 51.5 Å². The van der Waals surface area contributed by atoms with Crippen LogP contribution in [0.25, 0.3) is 0 Å². The van der Waals surface area contributed by atoms with Crippen LogP contribution in [0.1, 0.15) is 17.2 Å². The zero-order valence-electron chi connectivity index (χ0n) is 11.0. The number of rotatable bonds is 3. The van der Waals surface area contributed by atoms with E-state index in [2.05, 4.69) is 0 Å². The van der Waals surface area contributed by atoms with Gasteiger partial charge in [-0.2, -0.15) is 0 Å². The first-order valence-electron chi connectivity index (χ1n) is 5.73. The number of aromatic hydroxyl groups is 2. The molecule has 0 aromatic heterocycles. The average Bonchev–Trinajstić information content (AvgIpc) is 2.44. The Labute approximate surface area is 138 Å². The Morgan fingerprint density at radius 1 is 1.10 bits per heavy atom. The summed E-state index contributed by atoms with van der Waals surface area (Å²) in [4.78, 5) is 0. The molecule has 0 saturated heterocycles. The van der Waals surface area contributed by atoms with Crippen LogP contribution < -0.4 is 5.73 Å². The summed E-state index contributed by atoms with van der Waals surface area (Å²) in [6, 6.07) is 8.39. The quantitative estimate of drug-likeness (QED) is 0.574. The fourth-order valence-electron chi connectivity index (χ4n) is 1.95. The summed E-state index contributed by atoms with van der Waals surface area (Å²) < 4.78 is 5.39. The van der Waals surface area contributed by atoms with Crippen molar-refractivity contribution in [2.24, 2.45) is 0 Å². The molecule has 114 valence electrons. The van der Waals surface area contributed by atoms with E-state index in [1.165, 1.54) is 13.2 Å². The van der Waals surface area contributed by atoms with E-state index >= 15 is 0 Å². The van der Waals surface area contributed by atoms with Gasteiger partial charge in [0.1, 0.15) is 17.5 Å². The molecule has 0 radical (unpaired) electrons. The van der Waals surface area contributed by atoms with Gasteiger partial charge in [-0.25, -0.2) is 0 Å². The second-order valence-electron chi connectivity index (χ2n) is 4.23. The maximum Gasteiger partial charge on any atom is 0.161 e. The molecule has 0 bridgehead atoms. The fourth-order valence-corrected chi connectivity index (χ4v) is 2.29. The van der Waals surface area contributed by atoms with Crippen molar-refractivity contribution in [3.63, 3.8) is 0 Å². The second-order valence-corrected chi connectivity index (χ2v) is 5.07. The number of halogens is 3. The Morgan fingerprint density at radius 3 is 2.19 bits per heavy atom. The number of phenols is 2. The summed E-state index contributed by atoms with van der Waals surface area (Å²) >= 11 is 11.7. The summed E-state index contributed by atoms with van der Waals surface area (Å²) in [7, 11) is 1.50. The van der Waals surface area contributed by atoms with Gasteiger partial charge in [0.05, 0.1) is 5.02 Å². The Morgan fingerprint density at radius 2 is 1.67 bits per heavy atom. The first-order chi connectivity index (χ1) is 9.45. The SMILES string of the molecule is COC(c1ccc(Cl)cc1)c1cc(Cl)c(O)c(N)c1O.Cl. The number of nitrogens with two attached hydrogens (primary N) is 1. The molecule has 0 heterocycles. The van der Waals surface area contributed by atoms with Crippen LogP contribution in [0.4, 0.5) is 5.69 Å². The number of methoxy groups -OCH3 is 1. The van der Waals surface area contributed by atoms with E-state index in [9.17, 15) is 10.2 Å². The molecule has 2 rings (SSSR count). The number of benzene rings is 2. The minimum atomic E-state index is -0.576. The van der Waals surface area contributed by atoms with Gasteiger partial charge >= 0.3 is 0 Å². The van der Waals surface area contributed by atoms with Crippen LogP contribution in [0.15, 0.2) is 30.3 Å². The first kappa shape index (κ1) is 17.7. The summed E-state index contributed by atoms with van der Waals surface area (Å²) in [5.74, 6) is -0.604. The highest BCUT2D eigenvalue weighted by Crippen LogP contribution is 2.44. The molecule has 4 nitrogen and oxygen atoms in total. The number of hydrogen-bond donors (Lipinski definition) is 3. The van der Waals surface area contributed by atoms with E-state index < -0.39 is 6.10 Å². The number of anilines is 1. The number of nitrogen functional groups attached to an aromatic ring is 1. The van der Waals surface area contributed by atoms with Crippen LogP contribution in [0.5, 0.6) is 11.5 Å². The normalized spacial score (nSPS) is 11.8. The van der Waals surface area contributed by atoms with Gasteiger partial charge in [0.25, 0.3) is 0 Å². The molecule has 1 unspecified atom stereocenters. The lowest BCUT2D eigenvalue weighted by Crippen LogP contribution is -2.05. The van der Waals surface area contributed by atoms with E-state index in [1.807, 2.05) is 0 Å². The number of phenolic OH excluding ortho intramolecular Hbond substituents is 2. The molecular formula is C14H14Cl3NO3. The van der Waals surface area contributed by atoms with Crippen molar-refractivity contribution in [3.8, 4) is 11.5 Å². The Bertz CT molecular complexity index is 632. The standard InChI is InChI=1S/C14H13Cl2NO3.ClH/c1-20-14(7-2-4-8(15)5-3-7)9-6-10(16)13(19)11(17)12(9)18;/h2-6,14,18-19H,17H2,1H3;1H. The van der Waals surface area contributed by atoms with Crippen molar-refractivity contribution in [2.45, 2.75) is 6.10 Å². The molecule has 0 aliphatic rings. The van der Waals surface area contributed by atoms with Crippen molar-refractivity contribution >= 4 is 41.3 Å². The highest BCUT2D eigenvalue weighted by Gasteiger charge is 2.22. The average molecular weight is 351 g/mol. The molecule has 2 aromatic carbocycles. The minimum Gasteiger partial charge on any atom is -0.505 e. The molecular weight excluding hydrogens is 337 g/mol. The predicted molar refractivity (Wildman–Crippen MR) is 86.7 cm³/mol. The largest absolute Gasteiger partial charge is 0.505 e. The molecule has 7 heteroatoms. The zero-order valence-corrected chi connectivity index (χ0v) is 13.3. The van der Waals surface area contributed by atoms with Crippen LogP contribution in [-0.2, 0) is 4.74 Å². The van der Waals surface area contributed by atoms with Crippen molar-refractivity contribution in [2.75, 3.05) is 12.8 Å². The van der Waals surface area contributed by atoms with Crippen molar-refractivity contribution < 1.29 is 14.9 Å². The molecule has 0 fully saturated rings. The Balaban J connectivity index is 0.00000220. The van der Waals surface area contributed by atoms with Crippen LogP contribution in [-0.4, -0.2) is 17.3 Å². The molecule has 2 aromatic rings. The highest BCUT2D eigenvalue weighted by molar-refractivity contribution is 6.32. The predicted octanol–water partition coefficient (Wildman–Crippen LogP) is 4.14.